The molecule has 0 aliphatic heterocycles. The first kappa shape index (κ1) is 22.1. The van der Waals surface area contributed by atoms with E-state index < -0.39 is 21.4 Å². The molecule has 0 spiro atoms. The van der Waals surface area contributed by atoms with Crippen molar-refractivity contribution < 1.29 is 8.42 Å². The second-order valence-electron chi connectivity index (χ2n) is 6.81. The summed E-state index contributed by atoms with van der Waals surface area (Å²) in [5.41, 5.74) is 2.64. The van der Waals surface area contributed by atoms with Crippen LogP contribution in [0.15, 0.2) is 77.7 Å². The summed E-state index contributed by atoms with van der Waals surface area (Å²) in [6.07, 6.45) is 0.417. The van der Waals surface area contributed by atoms with Crippen LogP contribution in [0.25, 0.3) is 0 Å². The fourth-order valence-corrected chi connectivity index (χ4v) is 4.89. The molecule has 0 aromatic heterocycles. The first-order chi connectivity index (χ1) is 13.8. The first-order valence-electron chi connectivity index (χ1n) is 8.98. The van der Waals surface area contributed by atoms with Crippen LogP contribution in [0.5, 0.6) is 0 Å². The van der Waals surface area contributed by atoms with E-state index in [2.05, 4.69) is 4.72 Å². The van der Waals surface area contributed by atoms with Gasteiger partial charge in [0, 0.05) is 6.04 Å². The summed E-state index contributed by atoms with van der Waals surface area (Å²) >= 11 is 18.9. The van der Waals surface area contributed by atoms with Crippen molar-refractivity contribution in [2.75, 3.05) is 0 Å². The zero-order valence-corrected chi connectivity index (χ0v) is 18.7. The molecule has 0 saturated carbocycles. The molecule has 2 atom stereocenters. The van der Waals surface area contributed by atoms with E-state index in [-0.39, 0.29) is 4.90 Å². The van der Waals surface area contributed by atoms with Crippen molar-refractivity contribution in [3.63, 3.8) is 0 Å². The summed E-state index contributed by atoms with van der Waals surface area (Å²) in [5, 5.41) is 0.138. The van der Waals surface area contributed by atoms with Crippen LogP contribution >= 0.6 is 34.8 Å². The quantitative estimate of drug-likeness (QED) is 0.421. The Balaban J connectivity index is 1.93. The van der Waals surface area contributed by atoms with Crippen molar-refractivity contribution in [1.29, 1.82) is 0 Å². The number of hydrogen-bond donors (Lipinski definition) is 1. The van der Waals surface area contributed by atoms with Gasteiger partial charge < -0.3 is 0 Å². The van der Waals surface area contributed by atoms with Gasteiger partial charge in [-0.1, -0.05) is 77.3 Å². The average Bonchev–Trinajstić information content (AvgIpc) is 2.70. The molecule has 3 aromatic carbocycles. The first-order valence-corrected chi connectivity index (χ1v) is 11.7. The number of benzene rings is 3. The van der Waals surface area contributed by atoms with Gasteiger partial charge in [0.1, 0.15) is 0 Å². The fourth-order valence-electron chi connectivity index (χ4n) is 2.97. The Hall–Kier alpha value is -1.56. The Bertz CT molecular complexity index is 1070. The number of alkyl halides is 1. The molecule has 0 amide bonds. The normalized spacial score (nSPS) is 13.8. The lowest BCUT2D eigenvalue weighted by Gasteiger charge is -2.24. The maximum Gasteiger partial charge on any atom is 0.240 e. The molecule has 3 rings (SSSR count). The molecule has 7 heteroatoms. The molecule has 3 nitrogen and oxygen atoms in total. The van der Waals surface area contributed by atoms with Crippen molar-refractivity contribution in [3.05, 3.63) is 99.5 Å². The highest BCUT2D eigenvalue weighted by Gasteiger charge is 2.28. The average molecular weight is 469 g/mol. The predicted octanol–water partition coefficient (Wildman–Crippen LogP) is 6.17. The number of halogens is 3. The van der Waals surface area contributed by atoms with Gasteiger partial charge in [-0.3, -0.25) is 0 Å². The third-order valence-electron chi connectivity index (χ3n) is 4.55. The Morgan fingerprint density at radius 2 is 1.55 bits per heavy atom. The minimum Gasteiger partial charge on any atom is -0.207 e. The Kier molecular flexibility index (Phi) is 7.25. The van der Waals surface area contributed by atoms with Gasteiger partial charge in [0.25, 0.3) is 0 Å². The van der Waals surface area contributed by atoms with Gasteiger partial charge in [-0.25, -0.2) is 13.1 Å². The van der Waals surface area contributed by atoms with E-state index in [1.807, 2.05) is 37.3 Å². The van der Waals surface area contributed by atoms with Crippen LogP contribution in [0.3, 0.4) is 0 Å². The van der Waals surface area contributed by atoms with Crippen molar-refractivity contribution in [3.8, 4) is 0 Å². The highest BCUT2D eigenvalue weighted by atomic mass is 35.5. The number of sulfonamides is 1. The van der Waals surface area contributed by atoms with Crippen LogP contribution in [0.1, 0.15) is 22.1 Å². The van der Waals surface area contributed by atoms with Crippen molar-refractivity contribution in [1.82, 2.24) is 4.72 Å². The van der Waals surface area contributed by atoms with Crippen LogP contribution < -0.4 is 4.72 Å². The summed E-state index contributed by atoms with van der Waals surface area (Å²) in [6, 6.07) is 20.8. The van der Waals surface area contributed by atoms with Gasteiger partial charge in [0.05, 0.1) is 20.3 Å². The molecule has 0 unspecified atom stereocenters. The summed E-state index contributed by atoms with van der Waals surface area (Å²) in [6.45, 7) is 1.90. The monoisotopic (exact) mass is 467 g/mol. The second-order valence-corrected chi connectivity index (χ2v) is 9.80. The molecule has 0 radical (unpaired) electrons. The smallest absolute Gasteiger partial charge is 0.207 e. The van der Waals surface area contributed by atoms with Crippen LogP contribution in [-0.2, 0) is 16.4 Å². The van der Waals surface area contributed by atoms with E-state index in [9.17, 15) is 8.42 Å². The summed E-state index contributed by atoms with van der Waals surface area (Å²) < 4.78 is 28.7. The van der Waals surface area contributed by atoms with Crippen molar-refractivity contribution >= 4 is 44.8 Å². The summed E-state index contributed by atoms with van der Waals surface area (Å²) in [7, 11) is -3.76. The van der Waals surface area contributed by atoms with E-state index in [1.165, 1.54) is 0 Å². The Morgan fingerprint density at radius 3 is 2.17 bits per heavy atom. The predicted molar refractivity (Wildman–Crippen MR) is 120 cm³/mol. The minimum absolute atomic E-state index is 0.194. The molecular weight excluding hydrogens is 449 g/mol. The molecular formula is C22H20Cl3NO2S. The molecule has 3 aromatic rings. The van der Waals surface area contributed by atoms with Crippen LogP contribution in [0, 0.1) is 6.92 Å². The summed E-state index contributed by atoms with van der Waals surface area (Å²) in [5.74, 6) is 0. The topological polar surface area (TPSA) is 46.2 Å². The molecule has 29 heavy (non-hydrogen) atoms. The number of hydrogen-bond acceptors (Lipinski definition) is 2. The molecule has 0 heterocycles. The van der Waals surface area contributed by atoms with Gasteiger partial charge in [0.2, 0.25) is 10.0 Å². The molecule has 0 aliphatic carbocycles. The second kappa shape index (κ2) is 9.50. The Morgan fingerprint density at radius 1 is 0.897 bits per heavy atom. The van der Waals surface area contributed by atoms with Crippen molar-refractivity contribution in [2.45, 2.75) is 29.7 Å². The van der Waals surface area contributed by atoms with Crippen LogP contribution in [0.2, 0.25) is 10.0 Å². The molecule has 0 aliphatic rings. The highest BCUT2D eigenvalue weighted by Crippen LogP contribution is 2.32. The standard InChI is InChI=1S/C22H20Cl3NO2S/c1-15-7-10-18(11-8-15)29(27,28)26-21(13-16-5-3-2-4-6-16)22(25)17-9-12-19(23)20(24)14-17/h2-12,14,21-22,26H,13H2,1H3/t21-,22+/m1/s1. The summed E-state index contributed by atoms with van der Waals surface area (Å²) in [4.78, 5) is 0.194. The van der Waals surface area contributed by atoms with Crippen molar-refractivity contribution in [2.24, 2.45) is 0 Å². The largest absolute Gasteiger partial charge is 0.240 e. The highest BCUT2D eigenvalue weighted by molar-refractivity contribution is 7.89. The molecule has 0 bridgehead atoms. The van der Waals surface area contributed by atoms with Gasteiger partial charge in [-0.2, -0.15) is 0 Å². The van der Waals surface area contributed by atoms with Gasteiger partial charge in [-0.05, 0) is 48.7 Å². The molecule has 0 saturated heterocycles. The van der Waals surface area contributed by atoms with E-state index >= 15 is 0 Å². The lowest BCUT2D eigenvalue weighted by Crippen LogP contribution is -2.39. The maximum absolute atomic E-state index is 13.0. The zero-order chi connectivity index (χ0) is 21.0. The van der Waals surface area contributed by atoms with Gasteiger partial charge in [0.15, 0.2) is 0 Å². The SMILES string of the molecule is Cc1ccc(S(=O)(=O)N[C@H](Cc2ccccc2)[C@@H](Cl)c2ccc(Cl)c(Cl)c2)cc1. The van der Waals surface area contributed by atoms with Gasteiger partial charge in [-0.15, -0.1) is 11.6 Å². The van der Waals surface area contributed by atoms with E-state index in [4.69, 9.17) is 34.8 Å². The van der Waals surface area contributed by atoms with E-state index in [0.717, 1.165) is 11.1 Å². The number of rotatable bonds is 7. The molecule has 152 valence electrons. The molecule has 1 N–H and O–H groups in total. The number of nitrogens with one attached hydrogen (secondary N) is 1. The Labute approximate surface area is 186 Å². The fraction of sp³-hybridized carbons (Fsp3) is 0.182. The third-order valence-corrected chi connectivity index (χ3v) is 7.35. The van der Waals surface area contributed by atoms with Crippen LogP contribution in [-0.4, -0.2) is 14.5 Å². The lowest BCUT2D eigenvalue weighted by molar-refractivity contribution is 0.536. The third kappa shape index (κ3) is 5.74. The lowest BCUT2D eigenvalue weighted by atomic mass is 9.99. The van der Waals surface area contributed by atoms with Crippen LogP contribution in [0.4, 0.5) is 0 Å². The molecule has 0 fully saturated rings. The zero-order valence-electron chi connectivity index (χ0n) is 15.6. The number of aryl methyl sites for hydroxylation is 1. The minimum atomic E-state index is -3.76. The van der Waals surface area contributed by atoms with Gasteiger partial charge >= 0.3 is 0 Å². The van der Waals surface area contributed by atoms with E-state index in [1.54, 1.807) is 42.5 Å². The maximum atomic E-state index is 13.0. The van der Waals surface area contributed by atoms with E-state index in [0.29, 0.717) is 22.0 Å².